The predicted molar refractivity (Wildman–Crippen MR) is 102 cm³/mol. The summed E-state index contributed by atoms with van der Waals surface area (Å²) >= 11 is 0. The fraction of sp³-hybridized carbons (Fsp3) is 0.550. The van der Waals surface area contributed by atoms with Gasteiger partial charge in [-0.1, -0.05) is 57.5 Å². The van der Waals surface area contributed by atoms with Crippen molar-refractivity contribution < 1.29 is 23.9 Å². The van der Waals surface area contributed by atoms with E-state index in [1.807, 2.05) is 51.1 Å². The van der Waals surface area contributed by atoms with Gasteiger partial charge in [0.2, 0.25) is 5.91 Å². The van der Waals surface area contributed by atoms with E-state index in [4.69, 9.17) is 9.47 Å². The third kappa shape index (κ3) is 8.57. The fourth-order valence-electron chi connectivity index (χ4n) is 2.56. The number of methoxy groups -OCH3 is 1. The third-order valence-corrected chi connectivity index (χ3v) is 3.91. The molecule has 0 aliphatic heterocycles. The van der Waals surface area contributed by atoms with Gasteiger partial charge in [-0.2, -0.15) is 0 Å². The number of hydrogen-bond acceptors (Lipinski definition) is 5. The van der Waals surface area contributed by atoms with Gasteiger partial charge in [-0.25, -0.2) is 9.59 Å². The number of nitrogens with one attached hydrogen (secondary N) is 2. The second-order valence-corrected chi connectivity index (χ2v) is 6.76. The van der Waals surface area contributed by atoms with Gasteiger partial charge in [0.25, 0.3) is 0 Å². The molecule has 1 aromatic carbocycles. The Labute approximate surface area is 160 Å². The van der Waals surface area contributed by atoms with Crippen molar-refractivity contribution in [2.75, 3.05) is 7.11 Å². The zero-order chi connectivity index (χ0) is 20.2. The topological polar surface area (TPSA) is 93.7 Å². The van der Waals surface area contributed by atoms with E-state index in [0.29, 0.717) is 19.3 Å². The molecule has 0 aliphatic rings. The second kappa shape index (κ2) is 11.9. The lowest BCUT2D eigenvalue weighted by atomic mass is 10.0. The number of carbonyl (C=O) groups is 3. The highest BCUT2D eigenvalue weighted by atomic mass is 16.5. The molecule has 7 heteroatoms. The summed E-state index contributed by atoms with van der Waals surface area (Å²) in [4.78, 5) is 36.5. The summed E-state index contributed by atoms with van der Waals surface area (Å²) in [5, 5.41) is 5.26. The lowest BCUT2D eigenvalue weighted by Gasteiger charge is -2.22. The summed E-state index contributed by atoms with van der Waals surface area (Å²) in [5.41, 5.74) is 0.854. The summed E-state index contributed by atoms with van der Waals surface area (Å²) in [6.07, 6.45) is 0.896. The van der Waals surface area contributed by atoms with Crippen LogP contribution in [0.3, 0.4) is 0 Å². The van der Waals surface area contributed by atoms with Crippen molar-refractivity contribution in [2.45, 2.75) is 58.7 Å². The zero-order valence-electron chi connectivity index (χ0n) is 16.5. The van der Waals surface area contributed by atoms with Crippen LogP contribution >= 0.6 is 0 Å². The standard InChI is InChI=1S/C20H30N2O5/c1-5-9-16(18(23)21-17(12-14(2)3)19(24)26-4)22-20(25)27-13-15-10-7-6-8-11-15/h6-8,10-11,14,16-17H,5,9,12-13H2,1-4H3,(H,21,23)(H,22,25)/t16-,17+/m1/s1. The van der Waals surface area contributed by atoms with Crippen molar-refractivity contribution >= 4 is 18.0 Å². The summed E-state index contributed by atoms with van der Waals surface area (Å²) in [5.74, 6) is -0.730. The molecule has 2 amide bonds. The van der Waals surface area contributed by atoms with Crippen LogP contribution in [-0.4, -0.2) is 37.2 Å². The number of alkyl carbamates (subject to hydrolysis) is 1. The van der Waals surface area contributed by atoms with Crippen LogP contribution in [0.2, 0.25) is 0 Å². The predicted octanol–water partition coefficient (Wildman–Crippen LogP) is 2.79. The molecule has 0 spiro atoms. The molecule has 27 heavy (non-hydrogen) atoms. The Bertz CT molecular complexity index is 604. The number of carbonyl (C=O) groups excluding carboxylic acids is 3. The molecule has 0 radical (unpaired) electrons. The van der Waals surface area contributed by atoms with Crippen molar-refractivity contribution in [1.29, 1.82) is 0 Å². The van der Waals surface area contributed by atoms with Gasteiger partial charge < -0.3 is 20.1 Å². The smallest absolute Gasteiger partial charge is 0.408 e. The Morgan fingerprint density at radius 1 is 1.04 bits per heavy atom. The average molecular weight is 378 g/mol. The number of esters is 1. The first kappa shape index (κ1) is 22.5. The Hall–Kier alpha value is -2.57. The van der Waals surface area contributed by atoms with Crippen LogP contribution in [0.25, 0.3) is 0 Å². The number of hydrogen-bond donors (Lipinski definition) is 2. The van der Waals surface area contributed by atoms with Crippen LogP contribution in [0.1, 0.15) is 45.6 Å². The number of amides is 2. The van der Waals surface area contributed by atoms with Gasteiger partial charge in [0.05, 0.1) is 7.11 Å². The molecule has 0 bridgehead atoms. The largest absolute Gasteiger partial charge is 0.467 e. The Morgan fingerprint density at radius 2 is 1.70 bits per heavy atom. The molecule has 2 atom stereocenters. The third-order valence-electron chi connectivity index (χ3n) is 3.91. The van der Waals surface area contributed by atoms with E-state index >= 15 is 0 Å². The van der Waals surface area contributed by atoms with Crippen LogP contribution in [0.5, 0.6) is 0 Å². The van der Waals surface area contributed by atoms with Crippen LogP contribution in [-0.2, 0) is 25.7 Å². The summed E-state index contributed by atoms with van der Waals surface area (Å²) < 4.78 is 9.93. The van der Waals surface area contributed by atoms with Gasteiger partial charge in [0.1, 0.15) is 18.7 Å². The summed E-state index contributed by atoms with van der Waals surface area (Å²) in [6, 6.07) is 7.74. The quantitative estimate of drug-likeness (QED) is 0.611. The van der Waals surface area contributed by atoms with Crippen LogP contribution < -0.4 is 10.6 Å². The highest BCUT2D eigenvalue weighted by Gasteiger charge is 2.27. The molecular formula is C20H30N2O5. The lowest BCUT2D eigenvalue weighted by molar-refractivity contribution is -0.145. The molecule has 0 aromatic heterocycles. The van der Waals surface area contributed by atoms with E-state index in [0.717, 1.165) is 5.56 Å². The van der Waals surface area contributed by atoms with Crippen LogP contribution in [0.4, 0.5) is 4.79 Å². The molecule has 0 fully saturated rings. The average Bonchev–Trinajstić information content (AvgIpc) is 2.65. The molecule has 1 aromatic rings. The maximum absolute atomic E-state index is 12.6. The Kier molecular flexibility index (Phi) is 9.93. The van der Waals surface area contributed by atoms with E-state index in [-0.39, 0.29) is 12.5 Å². The lowest BCUT2D eigenvalue weighted by Crippen LogP contribution is -2.52. The van der Waals surface area contributed by atoms with E-state index < -0.39 is 30.1 Å². The Morgan fingerprint density at radius 3 is 2.26 bits per heavy atom. The molecule has 2 N–H and O–H groups in total. The molecule has 0 aliphatic carbocycles. The van der Waals surface area contributed by atoms with Crippen molar-refractivity contribution in [3.05, 3.63) is 35.9 Å². The number of ether oxygens (including phenoxy) is 2. The van der Waals surface area contributed by atoms with E-state index in [1.165, 1.54) is 7.11 Å². The van der Waals surface area contributed by atoms with E-state index in [9.17, 15) is 14.4 Å². The minimum absolute atomic E-state index is 0.116. The minimum atomic E-state index is -0.780. The van der Waals surface area contributed by atoms with Gasteiger partial charge in [-0.05, 0) is 24.3 Å². The number of benzene rings is 1. The Balaban J connectivity index is 2.64. The first-order chi connectivity index (χ1) is 12.9. The molecular weight excluding hydrogens is 348 g/mol. The minimum Gasteiger partial charge on any atom is -0.467 e. The van der Waals surface area contributed by atoms with Crippen LogP contribution in [0, 0.1) is 5.92 Å². The molecule has 7 nitrogen and oxygen atoms in total. The van der Waals surface area contributed by atoms with Crippen molar-refractivity contribution in [3.63, 3.8) is 0 Å². The summed E-state index contributed by atoms with van der Waals surface area (Å²) in [7, 11) is 1.28. The highest BCUT2D eigenvalue weighted by Crippen LogP contribution is 2.08. The number of rotatable bonds is 10. The highest BCUT2D eigenvalue weighted by molar-refractivity contribution is 5.89. The normalized spacial score (nSPS) is 12.8. The first-order valence-corrected chi connectivity index (χ1v) is 9.22. The molecule has 0 unspecified atom stereocenters. The molecule has 0 saturated heterocycles. The first-order valence-electron chi connectivity index (χ1n) is 9.22. The second-order valence-electron chi connectivity index (χ2n) is 6.76. The fourth-order valence-corrected chi connectivity index (χ4v) is 2.56. The van der Waals surface area contributed by atoms with E-state index in [2.05, 4.69) is 10.6 Å². The molecule has 0 heterocycles. The summed E-state index contributed by atoms with van der Waals surface area (Å²) in [6.45, 7) is 5.92. The van der Waals surface area contributed by atoms with Crippen molar-refractivity contribution in [3.8, 4) is 0 Å². The van der Waals surface area contributed by atoms with E-state index in [1.54, 1.807) is 0 Å². The molecule has 150 valence electrons. The van der Waals surface area contributed by atoms with Gasteiger partial charge in [0.15, 0.2) is 0 Å². The van der Waals surface area contributed by atoms with Crippen LogP contribution in [0.15, 0.2) is 30.3 Å². The van der Waals surface area contributed by atoms with Gasteiger partial charge in [-0.3, -0.25) is 4.79 Å². The van der Waals surface area contributed by atoms with Gasteiger partial charge in [0, 0.05) is 0 Å². The maximum Gasteiger partial charge on any atom is 0.408 e. The monoisotopic (exact) mass is 378 g/mol. The van der Waals surface area contributed by atoms with Crippen molar-refractivity contribution in [2.24, 2.45) is 5.92 Å². The molecule has 0 saturated carbocycles. The SMILES string of the molecule is CCC[C@@H](NC(=O)OCc1ccccc1)C(=O)N[C@@H](CC(C)C)C(=O)OC. The van der Waals surface area contributed by atoms with Gasteiger partial charge in [-0.15, -0.1) is 0 Å². The molecule has 1 rings (SSSR count). The van der Waals surface area contributed by atoms with Crippen molar-refractivity contribution in [1.82, 2.24) is 10.6 Å². The van der Waals surface area contributed by atoms with Gasteiger partial charge >= 0.3 is 12.1 Å². The maximum atomic E-state index is 12.6. The zero-order valence-corrected chi connectivity index (χ0v) is 16.5.